The first-order valence-electron chi connectivity index (χ1n) is 9.42. The van der Waals surface area contributed by atoms with Crippen molar-refractivity contribution >= 4 is 28.2 Å². The molecule has 2 aromatic carbocycles. The van der Waals surface area contributed by atoms with Gasteiger partial charge in [0, 0.05) is 16.9 Å². The van der Waals surface area contributed by atoms with E-state index in [9.17, 15) is 22.8 Å². The van der Waals surface area contributed by atoms with E-state index in [1.165, 1.54) is 6.07 Å². The zero-order valence-corrected chi connectivity index (χ0v) is 17.5. The number of hydrogen-bond acceptors (Lipinski definition) is 5. The highest BCUT2D eigenvalue weighted by Gasteiger charge is 2.31. The number of hydrogen-bond donors (Lipinski definition) is 2. The first-order chi connectivity index (χ1) is 15.1. The Morgan fingerprint density at radius 2 is 1.88 bits per heavy atom. The number of halogens is 3. The molecule has 2 amide bonds. The van der Waals surface area contributed by atoms with Crippen LogP contribution in [-0.4, -0.2) is 18.6 Å². The summed E-state index contributed by atoms with van der Waals surface area (Å²) in [7, 11) is 0. The van der Waals surface area contributed by atoms with Crippen LogP contribution in [0.4, 0.5) is 18.2 Å². The highest BCUT2D eigenvalue weighted by atomic mass is 32.1. The number of thiophene rings is 1. The van der Waals surface area contributed by atoms with Gasteiger partial charge >= 0.3 is 6.18 Å². The molecule has 0 unspecified atom stereocenters. The van der Waals surface area contributed by atoms with E-state index in [1.54, 1.807) is 13.0 Å². The van der Waals surface area contributed by atoms with Crippen LogP contribution < -0.4 is 20.5 Å². The first kappa shape index (κ1) is 21.7. The van der Waals surface area contributed by atoms with Crippen LogP contribution in [0.1, 0.15) is 42.3 Å². The Morgan fingerprint density at radius 3 is 2.59 bits per heavy atom. The van der Waals surface area contributed by atoms with E-state index in [0.717, 1.165) is 40.0 Å². The molecule has 0 aliphatic carbocycles. The molecule has 1 aromatic heterocycles. The highest BCUT2D eigenvalue weighted by molar-refractivity contribution is 7.17. The Morgan fingerprint density at radius 1 is 1.12 bits per heavy atom. The molecule has 0 radical (unpaired) electrons. The lowest BCUT2D eigenvalue weighted by atomic mass is 10.0. The average molecular weight is 462 g/mol. The van der Waals surface area contributed by atoms with Crippen molar-refractivity contribution in [2.24, 2.45) is 5.73 Å². The summed E-state index contributed by atoms with van der Waals surface area (Å²) in [6.07, 6.45) is -4.14. The molecule has 4 rings (SSSR count). The topological polar surface area (TPSA) is 90.7 Å². The lowest BCUT2D eigenvalue weighted by Crippen LogP contribution is -2.18. The molecule has 32 heavy (non-hydrogen) atoms. The molecule has 0 fully saturated rings. The minimum atomic E-state index is -4.58. The fraction of sp³-hybridized carbons (Fsp3) is 0.182. The predicted octanol–water partition coefficient (Wildman–Crippen LogP) is 4.75. The van der Waals surface area contributed by atoms with Crippen LogP contribution in [0, 0.1) is 6.92 Å². The van der Waals surface area contributed by atoms with Crippen molar-refractivity contribution in [1.82, 2.24) is 0 Å². The average Bonchev–Trinajstić information content (AvgIpc) is 3.31. The van der Waals surface area contributed by atoms with Gasteiger partial charge in [-0.3, -0.25) is 9.59 Å². The third kappa shape index (κ3) is 4.26. The van der Waals surface area contributed by atoms with E-state index >= 15 is 0 Å². The Labute approximate surface area is 184 Å². The maximum atomic E-state index is 13.0. The summed E-state index contributed by atoms with van der Waals surface area (Å²) in [5.41, 5.74) is 6.02. The second-order valence-electron chi connectivity index (χ2n) is 7.12. The zero-order chi connectivity index (χ0) is 23.0. The molecule has 0 saturated heterocycles. The van der Waals surface area contributed by atoms with Crippen LogP contribution >= 0.6 is 11.3 Å². The monoisotopic (exact) mass is 462 g/mol. The van der Waals surface area contributed by atoms with E-state index in [0.29, 0.717) is 23.5 Å². The smallest absolute Gasteiger partial charge is 0.416 e. The van der Waals surface area contributed by atoms with Gasteiger partial charge in [-0.15, -0.1) is 11.3 Å². The van der Waals surface area contributed by atoms with E-state index in [2.05, 4.69) is 5.32 Å². The van der Waals surface area contributed by atoms with Gasteiger partial charge in [0.2, 0.25) is 6.79 Å². The number of amides is 2. The molecule has 2 heterocycles. The second kappa shape index (κ2) is 8.19. The summed E-state index contributed by atoms with van der Waals surface area (Å²) in [5, 5.41) is 2.73. The van der Waals surface area contributed by atoms with Crippen LogP contribution in [0.15, 0.2) is 42.5 Å². The Bertz CT molecular complexity index is 1220. The molecule has 0 spiro atoms. The molecule has 1 aliphatic heterocycles. The third-order valence-corrected chi connectivity index (χ3v) is 6.18. The summed E-state index contributed by atoms with van der Waals surface area (Å²) in [6.45, 7) is 1.85. The van der Waals surface area contributed by atoms with Crippen LogP contribution in [0.3, 0.4) is 0 Å². The lowest BCUT2D eigenvalue weighted by Gasteiger charge is -2.09. The second-order valence-corrected chi connectivity index (χ2v) is 8.22. The number of primary amides is 1. The van der Waals surface area contributed by atoms with Gasteiger partial charge in [-0.05, 0) is 48.4 Å². The number of nitrogens with two attached hydrogens (primary N) is 1. The number of carbonyl (C=O) groups excluding carboxylic acids is 2. The van der Waals surface area contributed by atoms with Gasteiger partial charge < -0.3 is 20.5 Å². The number of fused-ring (bicyclic) bond motifs is 1. The van der Waals surface area contributed by atoms with Crippen molar-refractivity contribution < 1.29 is 32.2 Å². The van der Waals surface area contributed by atoms with E-state index in [1.807, 2.05) is 12.1 Å². The van der Waals surface area contributed by atoms with Crippen LogP contribution in [0.2, 0.25) is 0 Å². The van der Waals surface area contributed by atoms with Crippen molar-refractivity contribution in [3.8, 4) is 11.5 Å². The van der Waals surface area contributed by atoms with Crippen molar-refractivity contribution in [1.29, 1.82) is 0 Å². The van der Waals surface area contributed by atoms with Crippen molar-refractivity contribution in [3.63, 3.8) is 0 Å². The number of alkyl halides is 3. The molecule has 10 heteroatoms. The molecular weight excluding hydrogens is 445 g/mol. The molecule has 1 aliphatic rings. The summed E-state index contributed by atoms with van der Waals surface area (Å²) >= 11 is 1.15. The van der Waals surface area contributed by atoms with Gasteiger partial charge in [-0.2, -0.15) is 13.2 Å². The summed E-state index contributed by atoms with van der Waals surface area (Å²) in [6, 6.07) is 9.52. The Balaban J connectivity index is 1.62. The fourth-order valence-corrected chi connectivity index (χ4v) is 4.60. The largest absolute Gasteiger partial charge is 0.454 e. The number of benzene rings is 2. The maximum absolute atomic E-state index is 13.0. The number of rotatable bonds is 5. The number of carbonyl (C=O) groups is 2. The third-order valence-electron chi connectivity index (χ3n) is 4.97. The van der Waals surface area contributed by atoms with Gasteiger partial charge in [0.05, 0.1) is 11.1 Å². The van der Waals surface area contributed by atoms with Crippen LogP contribution in [-0.2, 0) is 12.6 Å². The first-order valence-corrected chi connectivity index (χ1v) is 10.2. The minimum Gasteiger partial charge on any atom is -0.454 e. The normalized spacial score (nSPS) is 12.6. The minimum absolute atomic E-state index is 0.131. The number of anilines is 1. The SMILES string of the molecule is Cc1c(Cc2ccc3c(c2)OCO3)sc(NC(=O)c2cccc(C(F)(F)F)c2)c1C(N)=O. The molecule has 0 bridgehead atoms. The maximum Gasteiger partial charge on any atom is 0.416 e. The van der Waals surface area contributed by atoms with Crippen LogP contribution in [0.25, 0.3) is 0 Å². The predicted molar refractivity (Wildman–Crippen MR) is 112 cm³/mol. The van der Waals surface area contributed by atoms with Crippen molar-refractivity contribution in [3.05, 3.63) is 75.2 Å². The summed E-state index contributed by atoms with van der Waals surface area (Å²) in [5.74, 6) is -0.252. The Kier molecular flexibility index (Phi) is 5.55. The molecule has 0 saturated carbocycles. The summed E-state index contributed by atoms with van der Waals surface area (Å²) < 4.78 is 49.6. The fourth-order valence-electron chi connectivity index (χ4n) is 3.36. The molecule has 3 N–H and O–H groups in total. The van der Waals surface area contributed by atoms with E-state index < -0.39 is 23.6 Å². The van der Waals surface area contributed by atoms with Crippen LogP contribution in [0.5, 0.6) is 11.5 Å². The molecule has 3 aromatic rings. The summed E-state index contributed by atoms with van der Waals surface area (Å²) in [4.78, 5) is 25.5. The van der Waals surface area contributed by atoms with Gasteiger partial charge in [0.1, 0.15) is 5.00 Å². The molecule has 0 atom stereocenters. The van der Waals surface area contributed by atoms with Crippen molar-refractivity contribution in [2.45, 2.75) is 19.5 Å². The number of nitrogens with one attached hydrogen (secondary N) is 1. The standard InChI is InChI=1S/C22H17F3N2O4S/c1-11-17(8-12-5-6-15-16(7-12)31-10-30-15)32-21(18(11)19(26)28)27-20(29)13-3-2-4-14(9-13)22(23,24)25/h2-7,9H,8,10H2,1H3,(H2,26,28)(H,27,29). The zero-order valence-electron chi connectivity index (χ0n) is 16.7. The van der Waals surface area contributed by atoms with E-state index in [-0.39, 0.29) is 22.9 Å². The van der Waals surface area contributed by atoms with E-state index in [4.69, 9.17) is 15.2 Å². The van der Waals surface area contributed by atoms with Gasteiger partial charge in [0.15, 0.2) is 11.5 Å². The van der Waals surface area contributed by atoms with Gasteiger partial charge in [0.25, 0.3) is 11.8 Å². The number of ether oxygens (including phenoxy) is 2. The highest BCUT2D eigenvalue weighted by Crippen LogP contribution is 2.37. The Hall–Kier alpha value is -3.53. The van der Waals surface area contributed by atoms with Gasteiger partial charge in [-0.25, -0.2) is 0 Å². The quantitative estimate of drug-likeness (QED) is 0.573. The lowest BCUT2D eigenvalue weighted by molar-refractivity contribution is -0.137. The molecule has 166 valence electrons. The molecule has 6 nitrogen and oxygen atoms in total. The van der Waals surface area contributed by atoms with Gasteiger partial charge in [-0.1, -0.05) is 12.1 Å². The van der Waals surface area contributed by atoms with Crippen molar-refractivity contribution in [2.75, 3.05) is 12.1 Å². The molecular formula is C22H17F3N2O4S.